The normalized spacial score (nSPS) is 22.6. The molecule has 4 heteroatoms. The molecular formula is C18H32O3Si. The molecular weight excluding hydrogens is 292 g/mol. The molecule has 0 aromatic carbocycles. The average Bonchev–Trinajstić information content (AvgIpc) is 2.87. The first kappa shape index (κ1) is 19.1. The van der Waals surface area contributed by atoms with Crippen molar-refractivity contribution in [2.75, 3.05) is 6.61 Å². The third-order valence-electron chi connectivity index (χ3n) is 4.40. The number of hydrogen-bond donors (Lipinski definition) is 0. The van der Waals surface area contributed by atoms with Crippen molar-refractivity contribution in [2.24, 2.45) is 11.8 Å². The molecule has 2 atom stereocenters. The van der Waals surface area contributed by atoms with Gasteiger partial charge in [-0.3, -0.25) is 0 Å². The van der Waals surface area contributed by atoms with Crippen LogP contribution in [0.1, 0.15) is 45.4 Å². The molecule has 22 heavy (non-hydrogen) atoms. The van der Waals surface area contributed by atoms with Crippen LogP contribution >= 0.6 is 0 Å². The molecule has 0 aromatic rings. The molecule has 1 aliphatic rings. The van der Waals surface area contributed by atoms with Gasteiger partial charge in [-0.15, -0.1) is 0 Å². The molecule has 0 aromatic heterocycles. The largest absolute Gasteiger partial charge is 0.463 e. The van der Waals surface area contributed by atoms with Crippen LogP contribution in [0.5, 0.6) is 0 Å². The van der Waals surface area contributed by atoms with Crippen molar-refractivity contribution in [3.8, 4) is 0 Å². The van der Waals surface area contributed by atoms with E-state index in [4.69, 9.17) is 4.74 Å². The monoisotopic (exact) mass is 324 g/mol. The van der Waals surface area contributed by atoms with Crippen LogP contribution in [0, 0.1) is 11.8 Å². The number of carbonyl (C=O) groups excluding carboxylic acids is 2. The minimum Gasteiger partial charge on any atom is -0.463 e. The van der Waals surface area contributed by atoms with E-state index >= 15 is 0 Å². The Morgan fingerprint density at radius 1 is 1.23 bits per heavy atom. The second kappa shape index (κ2) is 9.28. The summed E-state index contributed by atoms with van der Waals surface area (Å²) >= 11 is 0. The lowest BCUT2D eigenvalue weighted by Gasteiger charge is -2.20. The summed E-state index contributed by atoms with van der Waals surface area (Å²) in [4.78, 5) is 22.7. The predicted octanol–water partition coefficient (Wildman–Crippen LogP) is 4.60. The van der Waals surface area contributed by atoms with Crippen molar-refractivity contribution >= 4 is 20.3 Å². The van der Waals surface area contributed by atoms with Crippen molar-refractivity contribution in [3.63, 3.8) is 0 Å². The highest BCUT2D eigenvalue weighted by molar-refractivity contribution is 6.77. The molecule has 3 nitrogen and oxygen atoms in total. The van der Waals surface area contributed by atoms with E-state index in [2.05, 4.69) is 25.7 Å². The Balaban J connectivity index is 2.70. The molecule has 0 aliphatic heterocycles. The van der Waals surface area contributed by atoms with Crippen molar-refractivity contribution in [3.05, 3.63) is 11.6 Å². The minimum absolute atomic E-state index is 0.132. The van der Waals surface area contributed by atoms with Gasteiger partial charge in [0.05, 0.1) is 6.61 Å². The van der Waals surface area contributed by atoms with Gasteiger partial charge in [0.15, 0.2) is 0 Å². The van der Waals surface area contributed by atoms with Gasteiger partial charge in [-0.25, -0.2) is 4.79 Å². The summed E-state index contributed by atoms with van der Waals surface area (Å²) in [5, 5.41) is 0. The van der Waals surface area contributed by atoms with Crippen LogP contribution in [0.25, 0.3) is 0 Å². The Hall–Kier alpha value is -0.903. The molecule has 1 fully saturated rings. The molecule has 0 spiro atoms. The van der Waals surface area contributed by atoms with Gasteiger partial charge in [0.2, 0.25) is 0 Å². The minimum atomic E-state index is -1.34. The molecule has 0 bridgehead atoms. The van der Waals surface area contributed by atoms with Crippen molar-refractivity contribution < 1.29 is 14.3 Å². The van der Waals surface area contributed by atoms with Crippen LogP contribution in [0.4, 0.5) is 0 Å². The third-order valence-corrected chi connectivity index (χ3v) is 5.84. The highest BCUT2D eigenvalue weighted by Crippen LogP contribution is 2.37. The number of esters is 1. The topological polar surface area (TPSA) is 43.4 Å². The first-order chi connectivity index (χ1) is 10.4. The molecule has 1 saturated carbocycles. The maximum atomic E-state index is 12.2. The van der Waals surface area contributed by atoms with E-state index in [1.807, 2.05) is 6.92 Å². The molecule has 0 radical (unpaired) electrons. The second-order valence-corrected chi connectivity index (χ2v) is 13.1. The van der Waals surface area contributed by atoms with Gasteiger partial charge < -0.3 is 9.53 Å². The molecule has 0 N–H and O–H groups in total. The molecule has 126 valence electrons. The number of carbonyl (C=O) groups is 2. The summed E-state index contributed by atoms with van der Waals surface area (Å²) in [6.45, 7) is 9.14. The first-order valence-corrected chi connectivity index (χ1v) is 12.4. The van der Waals surface area contributed by atoms with Crippen LogP contribution in [0.2, 0.25) is 25.7 Å². The Bertz CT molecular complexity index is 396. The van der Waals surface area contributed by atoms with Crippen molar-refractivity contribution in [1.29, 1.82) is 0 Å². The van der Waals surface area contributed by atoms with E-state index in [-0.39, 0.29) is 5.97 Å². The number of hydrogen-bond acceptors (Lipinski definition) is 3. The van der Waals surface area contributed by atoms with Crippen molar-refractivity contribution in [2.45, 2.75) is 71.1 Å². The van der Waals surface area contributed by atoms with Gasteiger partial charge in [-0.2, -0.15) is 0 Å². The van der Waals surface area contributed by atoms with E-state index in [1.165, 1.54) is 19.3 Å². The van der Waals surface area contributed by atoms with Gasteiger partial charge in [0.1, 0.15) is 6.29 Å². The summed E-state index contributed by atoms with van der Waals surface area (Å²) in [6.07, 6.45) is 9.51. The molecule has 0 saturated heterocycles. The van der Waals surface area contributed by atoms with Crippen LogP contribution in [-0.4, -0.2) is 26.9 Å². The molecule has 0 amide bonds. The van der Waals surface area contributed by atoms with Gasteiger partial charge in [0.25, 0.3) is 0 Å². The number of aldehydes is 1. The lowest BCUT2D eigenvalue weighted by molar-refractivity contribution is -0.138. The Kier molecular flexibility index (Phi) is 8.08. The van der Waals surface area contributed by atoms with Crippen LogP contribution < -0.4 is 0 Å². The zero-order valence-electron chi connectivity index (χ0n) is 14.7. The fraction of sp³-hybridized carbons (Fsp3) is 0.778. The quantitative estimate of drug-likeness (QED) is 0.269. The van der Waals surface area contributed by atoms with E-state index in [9.17, 15) is 9.59 Å². The van der Waals surface area contributed by atoms with E-state index < -0.39 is 8.07 Å². The van der Waals surface area contributed by atoms with E-state index in [0.29, 0.717) is 24.9 Å². The zero-order valence-corrected chi connectivity index (χ0v) is 15.7. The second-order valence-electron chi connectivity index (χ2n) is 7.62. The number of allylic oxidation sites excluding steroid dienone is 1. The molecule has 0 heterocycles. The van der Waals surface area contributed by atoms with E-state index in [1.54, 1.807) is 0 Å². The third kappa shape index (κ3) is 6.90. The lowest BCUT2D eigenvalue weighted by Crippen LogP contribution is -2.23. The predicted molar refractivity (Wildman–Crippen MR) is 93.6 cm³/mol. The standard InChI is InChI=1S/C18H32O3Si/c1-5-21-18(20)17(14-22(2,3)4)12-11-16-9-6-8-15(16)10-7-13-19/h12-13,15-16H,5-11,14H2,1-4H3/b17-12+/t15-,16-/m0/s1. The lowest BCUT2D eigenvalue weighted by atomic mass is 9.89. The fourth-order valence-corrected chi connectivity index (χ4v) is 4.83. The number of ether oxygens (including phenoxy) is 1. The summed E-state index contributed by atoms with van der Waals surface area (Å²) in [7, 11) is -1.34. The fourth-order valence-electron chi connectivity index (χ4n) is 3.40. The maximum Gasteiger partial charge on any atom is 0.333 e. The average molecular weight is 325 g/mol. The van der Waals surface area contributed by atoms with Gasteiger partial charge in [-0.1, -0.05) is 38.6 Å². The first-order valence-electron chi connectivity index (χ1n) is 8.67. The highest BCUT2D eigenvalue weighted by Gasteiger charge is 2.27. The Morgan fingerprint density at radius 3 is 2.50 bits per heavy atom. The zero-order chi connectivity index (χ0) is 16.6. The maximum absolute atomic E-state index is 12.2. The van der Waals surface area contributed by atoms with E-state index in [0.717, 1.165) is 30.7 Å². The van der Waals surface area contributed by atoms with Crippen LogP contribution in [-0.2, 0) is 14.3 Å². The van der Waals surface area contributed by atoms with Gasteiger partial charge in [0, 0.05) is 20.1 Å². The van der Waals surface area contributed by atoms with Crippen LogP contribution in [0.15, 0.2) is 11.6 Å². The highest BCUT2D eigenvalue weighted by atomic mass is 28.3. The Morgan fingerprint density at radius 2 is 1.91 bits per heavy atom. The molecule has 1 rings (SSSR count). The summed E-state index contributed by atoms with van der Waals surface area (Å²) in [5.74, 6) is 1.15. The number of rotatable bonds is 9. The smallest absolute Gasteiger partial charge is 0.333 e. The van der Waals surface area contributed by atoms with Gasteiger partial charge in [-0.05, 0) is 44.1 Å². The summed E-state index contributed by atoms with van der Waals surface area (Å²) < 4.78 is 5.23. The van der Waals surface area contributed by atoms with Crippen molar-refractivity contribution in [1.82, 2.24) is 0 Å². The SMILES string of the molecule is CCOC(=O)/C(=C/C[C@@H]1CCC[C@H]1CCC=O)C[Si](C)(C)C. The summed E-state index contributed by atoms with van der Waals surface area (Å²) in [5.41, 5.74) is 0.877. The summed E-state index contributed by atoms with van der Waals surface area (Å²) in [6, 6.07) is 0.886. The molecule has 1 aliphatic carbocycles. The molecule has 0 unspecified atom stereocenters. The van der Waals surface area contributed by atoms with Gasteiger partial charge >= 0.3 is 5.97 Å². The van der Waals surface area contributed by atoms with Crippen LogP contribution in [0.3, 0.4) is 0 Å². The Labute approximate surface area is 136 Å².